The monoisotopic (exact) mass is 344 g/mol. The highest BCUT2D eigenvalue weighted by Crippen LogP contribution is 2.22. The Morgan fingerprint density at radius 1 is 1.04 bits per heavy atom. The lowest BCUT2D eigenvalue weighted by Crippen LogP contribution is -2.28. The number of aromatic nitrogens is 5. The Bertz CT molecular complexity index is 1010. The minimum absolute atomic E-state index is 0.195. The number of benzene rings is 2. The second kappa shape index (κ2) is 7.10. The average Bonchev–Trinajstić information content (AvgIpc) is 3.21. The van der Waals surface area contributed by atoms with E-state index in [-0.39, 0.29) is 5.91 Å². The van der Waals surface area contributed by atoms with Crippen molar-refractivity contribution < 1.29 is 4.79 Å². The lowest BCUT2D eigenvalue weighted by molar-refractivity contribution is -0.119. The normalized spacial score (nSPS) is 12.0. The molecule has 128 valence electrons. The van der Waals surface area contributed by atoms with Gasteiger partial charge < -0.3 is 5.32 Å². The molecular weight excluding hydrogens is 328 g/mol. The molecule has 0 saturated heterocycles. The highest BCUT2D eigenvalue weighted by Gasteiger charge is 2.23. The van der Waals surface area contributed by atoms with Gasteiger partial charge in [0.2, 0.25) is 5.91 Å². The first-order chi connectivity index (χ1) is 12.8. The van der Waals surface area contributed by atoms with Crippen LogP contribution >= 0.6 is 0 Å². The fraction of sp³-hybridized carbons (Fsp3) is 0.105. The standard InChI is InChI=1S/C19H16N6O/c26-19(22-16-10-4-8-15-9-5-11-20-18(15)16)17(25-13-21-23-24-25)12-14-6-2-1-3-7-14/h1-11,13,17H,12H2,(H,22,26)/t17-/m0/s1. The first-order valence-corrected chi connectivity index (χ1v) is 8.22. The first-order valence-electron chi connectivity index (χ1n) is 8.22. The molecule has 0 aliphatic rings. The van der Waals surface area contributed by atoms with Crippen molar-refractivity contribution in [3.05, 3.63) is 78.8 Å². The van der Waals surface area contributed by atoms with E-state index in [9.17, 15) is 4.79 Å². The summed E-state index contributed by atoms with van der Waals surface area (Å²) in [6, 6.07) is 18.7. The minimum Gasteiger partial charge on any atom is -0.322 e. The number of nitrogens with one attached hydrogen (secondary N) is 1. The molecule has 0 aliphatic heterocycles. The molecule has 0 saturated carbocycles. The van der Waals surface area contributed by atoms with Gasteiger partial charge in [-0.05, 0) is 28.1 Å². The molecule has 0 unspecified atom stereocenters. The van der Waals surface area contributed by atoms with E-state index in [0.717, 1.165) is 16.5 Å². The molecule has 1 N–H and O–H groups in total. The number of rotatable bonds is 5. The largest absolute Gasteiger partial charge is 0.322 e. The number of amides is 1. The van der Waals surface area contributed by atoms with Crippen LogP contribution in [0.25, 0.3) is 10.9 Å². The number of carbonyl (C=O) groups excluding carboxylic acids is 1. The molecule has 0 radical (unpaired) electrons. The Morgan fingerprint density at radius 3 is 2.69 bits per heavy atom. The number of para-hydroxylation sites is 1. The maximum Gasteiger partial charge on any atom is 0.249 e. The third-order valence-electron chi connectivity index (χ3n) is 4.15. The summed E-state index contributed by atoms with van der Waals surface area (Å²) >= 11 is 0. The van der Waals surface area contributed by atoms with Crippen molar-refractivity contribution in [3.63, 3.8) is 0 Å². The van der Waals surface area contributed by atoms with Crippen molar-refractivity contribution >= 4 is 22.5 Å². The van der Waals surface area contributed by atoms with Gasteiger partial charge in [-0.1, -0.05) is 48.5 Å². The topological polar surface area (TPSA) is 85.6 Å². The van der Waals surface area contributed by atoms with Crippen LogP contribution in [0.15, 0.2) is 73.2 Å². The molecule has 7 heteroatoms. The summed E-state index contributed by atoms with van der Waals surface area (Å²) in [5.74, 6) is -0.195. The van der Waals surface area contributed by atoms with Crippen molar-refractivity contribution in [3.8, 4) is 0 Å². The van der Waals surface area contributed by atoms with E-state index in [1.807, 2.05) is 60.7 Å². The van der Waals surface area contributed by atoms with E-state index >= 15 is 0 Å². The third kappa shape index (κ3) is 3.27. The fourth-order valence-corrected chi connectivity index (χ4v) is 2.88. The molecular formula is C19H16N6O. The molecule has 26 heavy (non-hydrogen) atoms. The van der Waals surface area contributed by atoms with Crippen LogP contribution in [0, 0.1) is 0 Å². The Balaban J connectivity index is 1.64. The number of nitrogens with zero attached hydrogens (tertiary/aromatic N) is 5. The lowest BCUT2D eigenvalue weighted by atomic mass is 10.1. The Morgan fingerprint density at radius 2 is 1.88 bits per heavy atom. The van der Waals surface area contributed by atoms with Gasteiger partial charge >= 0.3 is 0 Å². The maximum absolute atomic E-state index is 13.0. The molecule has 4 rings (SSSR count). The second-order valence-corrected chi connectivity index (χ2v) is 5.87. The maximum atomic E-state index is 13.0. The van der Waals surface area contributed by atoms with Crippen LogP contribution < -0.4 is 5.32 Å². The van der Waals surface area contributed by atoms with Crippen LogP contribution in [0.3, 0.4) is 0 Å². The lowest BCUT2D eigenvalue weighted by Gasteiger charge is -2.17. The van der Waals surface area contributed by atoms with Crippen LogP contribution in [0.5, 0.6) is 0 Å². The van der Waals surface area contributed by atoms with Gasteiger partial charge in [0.25, 0.3) is 0 Å². The Labute approximate surface area is 149 Å². The highest BCUT2D eigenvalue weighted by molar-refractivity contribution is 6.01. The fourth-order valence-electron chi connectivity index (χ4n) is 2.88. The minimum atomic E-state index is -0.564. The zero-order chi connectivity index (χ0) is 17.8. The van der Waals surface area contributed by atoms with Crippen LogP contribution in [0.4, 0.5) is 5.69 Å². The summed E-state index contributed by atoms with van der Waals surface area (Å²) in [6.45, 7) is 0. The van der Waals surface area contributed by atoms with Crippen molar-refractivity contribution in [2.75, 3.05) is 5.32 Å². The van der Waals surface area contributed by atoms with Crippen LogP contribution in [0.1, 0.15) is 11.6 Å². The van der Waals surface area contributed by atoms with Crippen LogP contribution in [0.2, 0.25) is 0 Å². The average molecular weight is 344 g/mol. The van der Waals surface area contributed by atoms with E-state index in [1.54, 1.807) is 6.20 Å². The van der Waals surface area contributed by atoms with E-state index in [0.29, 0.717) is 12.1 Å². The highest BCUT2D eigenvalue weighted by atomic mass is 16.2. The number of anilines is 1. The summed E-state index contributed by atoms with van der Waals surface area (Å²) in [5, 5.41) is 15.2. The van der Waals surface area contributed by atoms with Crippen molar-refractivity contribution in [1.29, 1.82) is 0 Å². The van der Waals surface area contributed by atoms with Gasteiger partial charge in [0.05, 0.1) is 11.2 Å². The van der Waals surface area contributed by atoms with Crippen molar-refractivity contribution in [1.82, 2.24) is 25.2 Å². The van der Waals surface area contributed by atoms with E-state index in [1.165, 1.54) is 11.0 Å². The molecule has 2 aromatic heterocycles. The number of hydrogen-bond donors (Lipinski definition) is 1. The smallest absolute Gasteiger partial charge is 0.249 e. The zero-order valence-electron chi connectivity index (χ0n) is 13.9. The summed E-state index contributed by atoms with van der Waals surface area (Å²) in [4.78, 5) is 17.4. The number of pyridine rings is 1. The first kappa shape index (κ1) is 15.9. The summed E-state index contributed by atoms with van der Waals surface area (Å²) < 4.78 is 1.47. The molecule has 0 aliphatic carbocycles. The second-order valence-electron chi connectivity index (χ2n) is 5.87. The molecule has 0 bridgehead atoms. The van der Waals surface area contributed by atoms with Gasteiger partial charge in [-0.2, -0.15) is 0 Å². The summed E-state index contributed by atoms with van der Waals surface area (Å²) in [5.41, 5.74) is 2.44. The van der Waals surface area contributed by atoms with E-state index in [4.69, 9.17) is 0 Å². The molecule has 1 amide bonds. The van der Waals surface area contributed by atoms with Gasteiger partial charge in [0, 0.05) is 18.0 Å². The molecule has 7 nitrogen and oxygen atoms in total. The zero-order valence-corrected chi connectivity index (χ0v) is 13.9. The van der Waals surface area contributed by atoms with Crippen LogP contribution in [-0.2, 0) is 11.2 Å². The summed E-state index contributed by atoms with van der Waals surface area (Å²) in [7, 11) is 0. The SMILES string of the molecule is O=C(Nc1cccc2cccnc12)[C@H](Cc1ccccc1)n1cnnn1. The predicted octanol–water partition coefficient (Wildman–Crippen LogP) is 2.64. The molecule has 2 aromatic carbocycles. The Hall–Kier alpha value is -3.61. The predicted molar refractivity (Wildman–Crippen MR) is 97.4 cm³/mol. The number of carbonyl (C=O) groups is 1. The molecule has 1 atom stereocenters. The van der Waals surface area contributed by atoms with Gasteiger partial charge in [0.1, 0.15) is 12.4 Å². The van der Waals surface area contributed by atoms with E-state index in [2.05, 4.69) is 25.8 Å². The molecule has 0 fully saturated rings. The van der Waals surface area contributed by atoms with Crippen molar-refractivity contribution in [2.45, 2.75) is 12.5 Å². The van der Waals surface area contributed by atoms with Gasteiger partial charge in [-0.3, -0.25) is 9.78 Å². The van der Waals surface area contributed by atoms with Crippen molar-refractivity contribution in [2.24, 2.45) is 0 Å². The number of hydrogen-bond acceptors (Lipinski definition) is 5. The van der Waals surface area contributed by atoms with Gasteiger partial charge in [0.15, 0.2) is 0 Å². The van der Waals surface area contributed by atoms with E-state index < -0.39 is 6.04 Å². The molecule has 2 heterocycles. The van der Waals surface area contributed by atoms with Gasteiger partial charge in [-0.25, -0.2) is 4.68 Å². The summed E-state index contributed by atoms with van der Waals surface area (Å²) in [6.07, 6.45) is 3.64. The Kier molecular flexibility index (Phi) is 4.34. The van der Waals surface area contributed by atoms with Crippen LogP contribution in [-0.4, -0.2) is 31.1 Å². The molecule has 0 spiro atoms. The number of fused-ring (bicyclic) bond motifs is 1. The number of tetrazole rings is 1. The third-order valence-corrected chi connectivity index (χ3v) is 4.15. The molecule has 4 aromatic rings. The van der Waals surface area contributed by atoms with Gasteiger partial charge in [-0.15, -0.1) is 5.10 Å². The quantitative estimate of drug-likeness (QED) is 0.601.